The van der Waals surface area contributed by atoms with Crippen molar-refractivity contribution in [1.29, 1.82) is 0 Å². The number of likely N-dealkylation sites (tertiary alicyclic amines) is 1. The van der Waals surface area contributed by atoms with Crippen LogP contribution in [0.3, 0.4) is 0 Å². The Hall–Kier alpha value is 0.310. The summed E-state index contributed by atoms with van der Waals surface area (Å²) in [5.74, 6) is 1.02. The second-order valence-electron chi connectivity index (χ2n) is 6.53. The summed E-state index contributed by atoms with van der Waals surface area (Å²) in [4.78, 5) is 7.38. The molecule has 1 aliphatic carbocycles. The predicted octanol–water partition coefficient (Wildman–Crippen LogP) is 3.32. The highest BCUT2D eigenvalue weighted by Crippen LogP contribution is 2.27. The molecule has 0 aromatic rings. The van der Waals surface area contributed by atoms with Crippen LogP contribution in [-0.4, -0.2) is 61.1 Å². The van der Waals surface area contributed by atoms with Crippen molar-refractivity contribution in [1.82, 2.24) is 15.5 Å². The van der Waals surface area contributed by atoms with Crippen molar-refractivity contribution < 1.29 is 0 Å². The molecule has 136 valence electrons. The normalized spacial score (nSPS) is 26.4. The van der Waals surface area contributed by atoms with E-state index in [9.17, 15) is 0 Å². The van der Waals surface area contributed by atoms with E-state index in [0.717, 1.165) is 30.8 Å². The van der Waals surface area contributed by atoms with Gasteiger partial charge in [-0.2, -0.15) is 11.8 Å². The lowest BCUT2D eigenvalue weighted by Gasteiger charge is -2.20. The Balaban J connectivity index is 0.00000264. The van der Waals surface area contributed by atoms with E-state index in [0.29, 0.717) is 6.04 Å². The third-order valence-electron chi connectivity index (χ3n) is 4.79. The Labute approximate surface area is 164 Å². The highest BCUT2D eigenvalue weighted by Gasteiger charge is 2.24. The van der Waals surface area contributed by atoms with Crippen LogP contribution in [0.1, 0.15) is 51.9 Å². The minimum Gasteiger partial charge on any atom is -0.357 e. The summed E-state index contributed by atoms with van der Waals surface area (Å²) in [7, 11) is 0. The molecule has 1 heterocycles. The molecule has 1 saturated heterocycles. The Bertz CT molecular complexity index is 333. The molecule has 23 heavy (non-hydrogen) atoms. The third-order valence-corrected chi connectivity index (χ3v) is 5.88. The fourth-order valence-electron chi connectivity index (χ4n) is 3.46. The minimum atomic E-state index is 0. The molecule has 1 saturated carbocycles. The number of hydrogen-bond donors (Lipinski definition) is 2. The van der Waals surface area contributed by atoms with Crippen LogP contribution >= 0.6 is 35.7 Å². The van der Waals surface area contributed by atoms with Gasteiger partial charge in [-0.15, -0.1) is 24.0 Å². The van der Waals surface area contributed by atoms with Gasteiger partial charge in [0.15, 0.2) is 5.96 Å². The maximum absolute atomic E-state index is 4.80. The van der Waals surface area contributed by atoms with Crippen LogP contribution in [-0.2, 0) is 0 Å². The average Bonchev–Trinajstić information content (AvgIpc) is 2.81. The van der Waals surface area contributed by atoms with Gasteiger partial charge in [-0.3, -0.25) is 4.99 Å². The Morgan fingerprint density at radius 1 is 1.17 bits per heavy atom. The molecular formula is C17H35IN4S. The monoisotopic (exact) mass is 454 g/mol. The van der Waals surface area contributed by atoms with Gasteiger partial charge in [0.1, 0.15) is 0 Å². The minimum absolute atomic E-state index is 0. The zero-order valence-electron chi connectivity index (χ0n) is 14.9. The van der Waals surface area contributed by atoms with Crippen LogP contribution in [0.5, 0.6) is 0 Å². The first-order valence-electron chi connectivity index (χ1n) is 9.11. The van der Waals surface area contributed by atoms with E-state index in [2.05, 4.69) is 28.7 Å². The third kappa shape index (κ3) is 8.29. The summed E-state index contributed by atoms with van der Waals surface area (Å²) in [6, 6.07) is 0.605. The summed E-state index contributed by atoms with van der Waals surface area (Å²) >= 11 is 2.01. The molecule has 2 atom stereocenters. The van der Waals surface area contributed by atoms with Gasteiger partial charge in [0.25, 0.3) is 0 Å². The van der Waals surface area contributed by atoms with Gasteiger partial charge < -0.3 is 15.5 Å². The molecule has 4 nitrogen and oxygen atoms in total. The first kappa shape index (κ1) is 21.4. The van der Waals surface area contributed by atoms with Gasteiger partial charge in [-0.05, 0) is 58.4 Å². The predicted molar refractivity (Wildman–Crippen MR) is 114 cm³/mol. The molecule has 2 aliphatic rings. The lowest BCUT2D eigenvalue weighted by atomic mass is 10.2. The first-order valence-corrected chi connectivity index (χ1v) is 10.4. The number of nitrogens with zero attached hydrogens (tertiary/aromatic N) is 2. The van der Waals surface area contributed by atoms with Crippen molar-refractivity contribution in [2.75, 3.05) is 39.0 Å². The molecule has 2 unspecified atom stereocenters. The Morgan fingerprint density at radius 2 is 1.91 bits per heavy atom. The number of nitrogens with one attached hydrogen (secondary N) is 2. The molecule has 2 rings (SSSR count). The van der Waals surface area contributed by atoms with Gasteiger partial charge in [-0.25, -0.2) is 0 Å². The summed E-state index contributed by atoms with van der Waals surface area (Å²) in [6.07, 6.45) is 11.7. The van der Waals surface area contributed by atoms with E-state index in [1.165, 1.54) is 58.0 Å². The molecule has 1 aliphatic heterocycles. The Morgan fingerprint density at radius 3 is 2.52 bits per heavy atom. The number of thioether (sulfide) groups is 1. The SMILES string of the molecule is CCNC(=NCCN1CCCCCC1)NC1CCC(SC)C1.I. The molecule has 0 bridgehead atoms. The molecule has 0 radical (unpaired) electrons. The summed E-state index contributed by atoms with van der Waals surface area (Å²) < 4.78 is 0. The maximum atomic E-state index is 4.80. The molecule has 0 amide bonds. The number of halogens is 1. The van der Waals surface area contributed by atoms with Crippen molar-refractivity contribution in [3.8, 4) is 0 Å². The highest BCUT2D eigenvalue weighted by molar-refractivity contribution is 14.0. The first-order chi connectivity index (χ1) is 10.8. The molecule has 0 aromatic heterocycles. The van der Waals surface area contributed by atoms with E-state index >= 15 is 0 Å². The van der Waals surface area contributed by atoms with E-state index in [1.807, 2.05) is 11.8 Å². The van der Waals surface area contributed by atoms with Crippen LogP contribution in [0, 0.1) is 0 Å². The number of aliphatic imine (C=N–C) groups is 1. The largest absolute Gasteiger partial charge is 0.357 e. The van der Waals surface area contributed by atoms with Crippen molar-refractivity contribution in [2.45, 2.75) is 63.2 Å². The van der Waals surface area contributed by atoms with Gasteiger partial charge in [-0.1, -0.05) is 12.8 Å². The second kappa shape index (κ2) is 12.6. The zero-order chi connectivity index (χ0) is 15.6. The summed E-state index contributed by atoms with van der Waals surface area (Å²) in [5.41, 5.74) is 0. The second-order valence-corrected chi connectivity index (χ2v) is 7.67. The smallest absolute Gasteiger partial charge is 0.191 e. The zero-order valence-corrected chi connectivity index (χ0v) is 18.0. The molecule has 6 heteroatoms. The van der Waals surface area contributed by atoms with E-state index in [4.69, 9.17) is 4.99 Å². The summed E-state index contributed by atoms with van der Waals surface area (Å²) in [6.45, 7) is 7.62. The van der Waals surface area contributed by atoms with Gasteiger partial charge >= 0.3 is 0 Å². The van der Waals surface area contributed by atoms with Crippen molar-refractivity contribution >= 4 is 41.7 Å². The average molecular weight is 454 g/mol. The van der Waals surface area contributed by atoms with E-state index < -0.39 is 0 Å². The molecular weight excluding hydrogens is 419 g/mol. The van der Waals surface area contributed by atoms with Crippen LogP contribution in [0.4, 0.5) is 0 Å². The van der Waals surface area contributed by atoms with Gasteiger partial charge in [0.2, 0.25) is 0 Å². The number of hydrogen-bond acceptors (Lipinski definition) is 3. The molecule has 0 aromatic carbocycles. The standard InChI is InChI=1S/C17H34N4S.HI/c1-3-18-17(20-15-8-9-16(14-15)22-2)19-10-13-21-11-6-4-5-7-12-21;/h15-16H,3-14H2,1-2H3,(H2,18,19,20);1H. The van der Waals surface area contributed by atoms with E-state index in [1.54, 1.807) is 0 Å². The summed E-state index contributed by atoms with van der Waals surface area (Å²) in [5, 5.41) is 7.88. The highest BCUT2D eigenvalue weighted by atomic mass is 127. The molecule has 0 spiro atoms. The van der Waals surface area contributed by atoms with Crippen LogP contribution in [0.15, 0.2) is 4.99 Å². The fraction of sp³-hybridized carbons (Fsp3) is 0.941. The van der Waals surface area contributed by atoms with Crippen molar-refractivity contribution in [3.05, 3.63) is 0 Å². The molecule has 2 fully saturated rings. The van der Waals surface area contributed by atoms with Crippen molar-refractivity contribution in [3.63, 3.8) is 0 Å². The fourth-order valence-corrected chi connectivity index (χ4v) is 4.26. The number of rotatable bonds is 6. The van der Waals surface area contributed by atoms with Gasteiger partial charge in [0, 0.05) is 24.4 Å². The van der Waals surface area contributed by atoms with Crippen molar-refractivity contribution in [2.24, 2.45) is 4.99 Å². The topological polar surface area (TPSA) is 39.7 Å². The van der Waals surface area contributed by atoms with Crippen LogP contribution in [0.2, 0.25) is 0 Å². The lowest BCUT2D eigenvalue weighted by Crippen LogP contribution is -2.43. The molecule has 2 N–H and O–H groups in total. The Kier molecular flexibility index (Phi) is 11.7. The van der Waals surface area contributed by atoms with Crippen LogP contribution < -0.4 is 10.6 Å². The van der Waals surface area contributed by atoms with E-state index in [-0.39, 0.29) is 24.0 Å². The number of guanidine groups is 1. The van der Waals surface area contributed by atoms with Gasteiger partial charge in [0.05, 0.1) is 6.54 Å². The maximum Gasteiger partial charge on any atom is 0.191 e. The lowest BCUT2D eigenvalue weighted by molar-refractivity contribution is 0.293. The van der Waals surface area contributed by atoms with Crippen LogP contribution in [0.25, 0.3) is 0 Å². The quantitative estimate of drug-likeness (QED) is 0.367.